The average Bonchev–Trinajstić information content (AvgIpc) is 2.83. The van der Waals surface area contributed by atoms with Crippen molar-refractivity contribution in [2.45, 2.75) is 0 Å². The highest BCUT2D eigenvalue weighted by atomic mass is 16.1. The molecule has 0 atom stereocenters. The van der Waals surface area contributed by atoms with Crippen molar-refractivity contribution in [1.29, 1.82) is 0 Å². The van der Waals surface area contributed by atoms with E-state index in [9.17, 15) is 4.79 Å². The summed E-state index contributed by atoms with van der Waals surface area (Å²) in [5.74, 6) is 0.482. The van der Waals surface area contributed by atoms with Gasteiger partial charge in [-0.25, -0.2) is 9.67 Å². The molecule has 2 aromatic rings. The topological polar surface area (TPSA) is 71.8 Å². The molecule has 2 aromatic heterocycles. The Morgan fingerprint density at radius 3 is 3.00 bits per heavy atom. The Bertz CT molecular complexity index is 494. The van der Waals surface area contributed by atoms with Gasteiger partial charge in [-0.1, -0.05) is 0 Å². The first-order valence-corrected chi connectivity index (χ1v) is 5.21. The van der Waals surface area contributed by atoms with E-state index in [0.717, 1.165) is 0 Å². The fourth-order valence-corrected chi connectivity index (χ4v) is 1.43. The Hall–Kier alpha value is -2.21. The Morgan fingerprint density at radius 1 is 1.41 bits per heavy atom. The lowest BCUT2D eigenvalue weighted by Crippen LogP contribution is -2.25. The summed E-state index contributed by atoms with van der Waals surface area (Å²) in [6, 6.07) is 5.35. The second kappa shape index (κ2) is 5.22. The lowest BCUT2D eigenvalue weighted by molar-refractivity contribution is -0.115. The Morgan fingerprint density at radius 2 is 2.29 bits per heavy atom. The van der Waals surface area contributed by atoms with Crippen LogP contribution < -0.4 is 10.6 Å². The molecule has 2 heterocycles. The minimum Gasteiger partial charge on any atom is -0.322 e. The summed E-state index contributed by atoms with van der Waals surface area (Å²) < 4.78 is 1.61. The molecule has 0 saturated heterocycles. The van der Waals surface area contributed by atoms with E-state index in [1.54, 1.807) is 48.5 Å². The molecule has 6 heteroatoms. The summed E-state index contributed by atoms with van der Waals surface area (Å²) in [4.78, 5) is 15.7. The van der Waals surface area contributed by atoms with E-state index in [-0.39, 0.29) is 12.5 Å². The van der Waals surface area contributed by atoms with E-state index in [4.69, 9.17) is 0 Å². The minimum atomic E-state index is -0.117. The van der Waals surface area contributed by atoms with Crippen molar-refractivity contribution in [1.82, 2.24) is 20.1 Å². The number of likely N-dealkylation sites (N-methyl/N-ethyl adjacent to an activating group) is 1. The standard InChI is InChI=1S/C11H13N5O/c1-12-8-10(17)15-9-4-2-5-13-11(9)16-7-3-6-14-16/h2-7,12H,8H2,1H3,(H,15,17). The SMILES string of the molecule is CNCC(=O)Nc1cccnc1-n1cccn1. The average molecular weight is 231 g/mol. The normalized spacial score (nSPS) is 10.2. The van der Waals surface area contributed by atoms with Crippen LogP contribution in [0.15, 0.2) is 36.8 Å². The molecule has 0 unspecified atom stereocenters. The number of nitrogens with one attached hydrogen (secondary N) is 2. The number of hydrogen-bond acceptors (Lipinski definition) is 4. The van der Waals surface area contributed by atoms with Gasteiger partial charge in [0.05, 0.1) is 12.2 Å². The number of anilines is 1. The molecule has 0 saturated carbocycles. The van der Waals surface area contributed by atoms with Gasteiger partial charge in [0.25, 0.3) is 0 Å². The Labute approximate surface area is 98.7 Å². The first-order chi connectivity index (χ1) is 8.31. The molecule has 0 bridgehead atoms. The summed E-state index contributed by atoms with van der Waals surface area (Å²) in [6.45, 7) is 0.257. The smallest absolute Gasteiger partial charge is 0.238 e. The van der Waals surface area contributed by atoms with E-state index < -0.39 is 0 Å². The van der Waals surface area contributed by atoms with Crippen LogP contribution in [-0.4, -0.2) is 34.3 Å². The van der Waals surface area contributed by atoms with Crippen LogP contribution in [-0.2, 0) is 4.79 Å². The summed E-state index contributed by atoms with van der Waals surface area (Å²) in [7, 11) is 1.72. The molecule has 1 amide bonds. The molecule has 88 valence electrons. The predicted octanol–water partition coefficient (Wildman–Crippen LogP) is 0.425. The number of rotatable bonds is 4. The predicted molar refractivity (Wildman–Crippen MR) is 63.9 cm³/mol. The van der Waals surface area contributed by atoms with Crippen molar-refractivity contribution in [2.75, 3.05) is 18.9 Å². The van der Waals surface area contributed by atoms with Gasteiger partial charge in [0.15, 0.2) is 5.82 Å². The van der Waals surface area contributed by atoms with Crippen molar-refractivity contribution >= 4 is 11.6 Å². The van der Waals surface area contributed by atoms with Gasteiger partial charge >= 0.3 is 0 Å². The molecule has 0 aliphatic rings. The monoisotopic (exact) mass is 231 g/mol. The van der Waals surface area contributed by atoms with Gasteiger partial charge in [-0.15, -0.1) is 0 Å². The van der Waals surface area contributed by atoms with Crippen molar-refractivity contribution < 1.29 is 4.79 Å². The molecular weight excluding hydrogens is 218 g/mol. The molecule has 2 rings (SSSR count). The zero-order valence-corrected chi connectivity index (χ0v) is 9.42. The number of nitrogens with zero attached hydrogens (tertiary/aromatic N) is 3. The lowest BCUT2D eigenvalue weighted by atomic mass is 10.3. The third kappa shape index (κ3) is 2.67. The molecule has 0 spiro atoms. The quantitative estimate of drug-likeness (QED) is 0.800. The minimum absolute atomic E-state index is 0.117. The van der Waals surface area contributed by atoms with E-state index >= 15 is 0 Å². The molecular formula is C11H13N5O. The van der Waals surface area contributed by atoms with Gasteiger partial charge in [-0.05, 0) is 25.2 Å². The van der Waals surface area contributed by atoms with Gasteiger partial charge in [0.1, 0.15) is 0 Å². The number of carbonyl (C=O) groups excluding carboxylic acids is 1. The lowest BCUT2D eigenvalue weighted by Gasteiger charge is -2.09. The van der Waals surface area contributed by atoms with Crippen molar-refractivity contribution in [3.63, 3.8) is 0 Å². The van der Waals surface area contributed by atoms with Crippen LogP contribution >= 0.6 is 0 Å². The maximum atomic E-state index is 11.5. The molecule has 2 N–H and O–H groups in total. The number of aromatic nitrogens is 3. The molecule has 0 radical (unpaired) electrons. The van der Waals surface area contributed by atoms with Crippen LogP contribution in [0.4, 0.5) is 5.69 Å². The van der Waals surface area contributed by atoms with E-state index in [2.05, 4.69) is 20.7 Å². The van der Waals surface area contributed by atoms with Crippen LogP contribution in [0.2, 0.25) is 0 Å². The maximum absolute atomic E-state index is 11.5. The second-order valence-corrected chi connectivity index (χ2v) is 3.40. The number of carbonyl (C=O) groups is 1. The number of amides is 1. The highest BCUT2D eigenvalue weighted by molar-refractivity contribution is 5.93. The van der Waals surface area contributed by atoms with Gasteiger partial charge in [0.2, 0.25) is 5.91 Å². The third-order valence-electron chi connectivity index (χ3n) is 2.12. The number of pyridine rings is 1. The van der Waals surface area contributed by atoms with Gasteiger partial charge in [-0.2, -0.15) is 5.10 Å². The van der Waals surface area contributed by atoms with Gasteiger partial charge in [-0.3, -0.25) is 4.79 Å². The van der Waals surface area contributed by atoms with Crippen molar-refractivity contribution in [3.8, 4) is 5.82 Å². The molecule has 0 aliphatic heterocycles. The fraction of sp³-hybridized carbons (Fsp3) is 0.182. The van der Waals surface area contributed by atoms with Crippen LogP contribution in [0.1, 0.15) is 0 Å². The zero-order chi connectivity index (χ0) is 12.1. The summed E-state index contributed by atoms with van der Waals surface area (Å²) >= 11 is 0. The van der Waals surface area contributed by atoms with Crippen LogP contribution in [0.5, 0.6) is 0 Å². The maximum Gasteiger partial charge on any atom is 0.238 e. The summed E-state index contributed by atoms with van der Waals surface area (Å²) in [5, 5.41) is 9.65. The summed E-state index contributed by atoms with van der Waals surface area (Å²) in [5.41, 5.74) is 0.636. The second-order valence-electron chi connectivity index (χ2n) is 3.40. The molecule has 6 nitrogen and oxygen atoms in total. The van der Waals surface area contributed by atoms with Gasteiger partial charge < -0.3 is 10.6 Å². The van der Waals surface area contributed by atoms with Crippen molar-refractivity contribution in [3.05, 3.63) is 36.8 Å². The van der Waals surface area contributed by atoms with E-state index in [0.29, 0.717) is 11.5 Å². The molecule has 0 aliphatic carbocycles. The highest BCUT2D eigenvalue weighted by Gasteiger charge is 2.08. The fourth-order valence-electron chi connectivity index (χ4n) is 1.43. The molecule has 0 fully saturated rings. The zero-order valence-electron chi connectivity index (χ0n) is 9.42. The largest absolute Gasteiger partial charge is 0.322 e. The molecule has 0 aromatic carbocycles. The van der Waals surface area contributed by atoms with Crippen LogP contribution in [0, 0.1) is 0 Å². The van der Waals surface area contributed by atoms with E-state index in [1.165, 1.54) is 0 Å². The first kappa shape index (κ1) is 11.3. The van der Waals surface area contributed by atoms with Crippen LogP contribution in [0.3, 0.4) is 0 Å². The van der Waals surface area contributed by atoms with Gasteiger partial charge in [0, 0.05) is 18.6 Å². The van der Waals surface area contributed by atoms with Crippen LogP contribution in [0.25, 0.3) is 5.82 Å². The summed E-state index contributed by atoms with van der Waals surface area (Å²) in [6.07, 6.45) is 5.09. The first-order valence-electron chi connectivity index (χ1n) is 5.21. The Kier molecular flexibility index (Phi) is 3.46. The third-order valence-corrected chi connectivity index (χ3v) is 2.12. The molecule has 17 heavy (non-hydrogen) atoms. The van der Waals surface area contributed by atoms with Crippen molar-refractivity contribution in [2.24, 2.45) is 0 Å². The Balaban J connectivity index is 2.25. The number of hydrogen-bond donors (Lipinski definition) is 2. The highest BCUT2D eigenvalue weighted by Crippen LogP contribution is 2.15. The van der Waals surface area contributed by atoms with E-state index in [1.807, 2.05) is 0 Å².